The Balaban J connectivity index is 1.54. The van der Waals surface area contributed by atoms with Crippen molar-refractivity contribution in [1.82, 2.24) is 5.32 Å². The first-order valence-electron chi connectivity index (χ1n) is 7.80. The van der Waals surface area contributed by atoms with Gasteiger partial charge in [-0.1, -0.05) is 18.2 Å². The second-order valence-corrected chi connectivity index (χ2v) is 5.75. The average molecular weight is 324 g/mol. The average Bonchev–Trinajstić information content (AvgIpc) is 2.61. The van der Waals surface area contributed by atoms with E-state index in [1.165, 1.54) is 0 Å². The normalized spacial score (nSPS) is 18.3. The molecule has 0 unspecified atom stereocenters. The van der Waals surface area contributed by atoms with Crippen molar-refractivity contribution in [3.63, 3.8) is 0 Å². The van der Waals surface area contributed by atoms with Gasteiger partial charge in [-0.15, -0.1) is 0 Å². The predicted molar refractivity (Wildman–Crippen MR) is 87.3 cm³/mol. The quantitative estimate of drug-likeness (QED) is 0.888. The van der Waals surface area contributed by atoms with Crippen molar-refractivity contribution in [2.45, 2.75) is 12.5 Å². The van der Waals surface area contributed by atoms with Crippen LogP contribution in [0.1, 0.15) is 28.4 Å². The van der Waals surface area contributed by atoms with Gasteiger partial charge in [0.25, 0.3) is 11.8 Å². The SMILES string of the molecule is O=C1COc2cc(C(=O)N[C@@H]3CCOc4ccccc43)ccc2N1. The Morgan fingerprint density at radius 3 is 2.92 bits per heavy atom. The van der Waals surface area contributed by atoms with Crippen LogP contribution in [-0.2, 0) is 4.79 Å². The van der Waals surface area contributed by atoms with Gasteiger partial charge >= 0.3 is 0 Å². The summed E-state index contributed by atoms with van der Waals surface area (Å²) in [5.74, 6) is 0.943. The van der Waals surface area contributed by atoms with Crippen LogP contribution in [0.15, 0.2) is 42.5 Å². The maximum absolute atomic E-state index is 12.6. The van der Waals surface area contributed by atoms with E-state index in [2.05, 4.69) is 10.6 Å². The van der Waals surface area contributed by atoms with Crippen LogP contribution in [0, 0.1) is 0 Å². The fraction of sp³-hybridized carbons (Fsp3) is 0.222. The van der Waals surface area contributed by atoms with Crippen LogP contribution in [0.4, 0.5) is 5.69 Å². The fourth-order valence-corrected chi connectivity index (χ4v) is 2.95. The Bertz CT molecular complexity index is 818. The molecule has 24 heavy (non-hydrogen) atoms. The standard InChI is InChI=1S/C18H16N2O4/c21-17-10-24-16-9-11(5-6-14(16)19-17)18(22)20-13-7-8-23-15-4-2-1-3-12(13)15/h1-6,9,13H,7-8,10H2,(H,19,21)(H,20,22)/t13-/m1/s1. The highest BCUT2D eigenvalue weighted by Gasteiger charge is 2.24. The van der Waals surface area contributed by atoms with E-state index in [0.29, 0.717) is 23.6 Å². The molecule has 0 fully saturated rings. The summed E-state index contributed by atoms with van der Waals surface area (Å²) in [6, 6.07) is 12.6. The van der Waals surface area contributed by atoms with E-state index in [1.54, 1.807) is 18.2 Å². The van der Waals surface area contributed by atoms with Gasteiger partial charge in [0.1, 0.15) is 11.5 Å². The highest BCUT2D eigenvalue weighted by molar-refractivity contribution is 5.99. The number of hydrogen-bond donors (Lipinski definition) is 2. The van der Waals surface area contributed by atoms with Crippen molar-refractivity contribution < 1.29 is 19.1 Å². The number of nitrogens with one attached hydrogen (secondary N) is 2. The fourth-order valence-electron chi connectivity index (χ4n) is 2.95. The number of rotatable bonds is 2. The third-order valence-electron chi connectivity index (χ3n) is 4.14. The summed E-state index contributed by atoms with van der Waals surface area (Å²) in [5, 5.41) is 5.75. The minimum atomic E-state index is -0.196. The van der Waals surface area contributed by atoms with Crippen LogP contribution in [0.3, 0.4) is 0 Å². The summed E-state index contributed by atoms with van der Waals surface area (Å²) in [6.07, 6.45) is 0.722. The molecule has 0 spiro atoms. The number of carbonyl (C=O) groups excluding carboxylic acids is 2. The molecule has 0 saturated heterocycles. The number of carbonyl (C=O) groups is 2. The summed E-state index contributed by atoms with van der Waals surface area (Å²) in [5.41, 5.74) is 2.06. The van der Waals surface area contributed by atoms with Gasteiger partial charge < -0.3 is 20.1 Å². The van der Waals surface area contributed by atoms with Crippen LogP contribution in [0.25, 0.3) is 0 Å². The van der Waals surface area contributed by atoms with Crippen molar-refractivity contribution in [2.75, 3.05) is 18.5 Å². The summed E-state index contributed by atoms with van der Waals surface area (Å²) >= 11 is 0. The van der Waals surface area contributed by atoms with Crippen LogP contribution < -0.4 is 20.1 Å². The molecule has 122 valence electrons. The van der Waals surface area contributed by atoms with Crippen LogP contribution >= 0.6 is 0 Å². The first-order valence-corrected chi connectivity index (χ1v) is 7.80. The number of amides is 2. The molecule has 0 saturated carbocycles. The van der Waals surface area contributed by atoms with Crippen molar-refractivity contribution in [3.05, 3.63) is 53.6 Å². The Kier molecular flexibility index (Phi) is 3.57. The van der Waals surface area contributed by atoms with Gasteiger partial charge in [0.2, 0.25) is 0 Å². The molecule has 1 atom stereocenters. The monoisotopic (exact) mass is 324 g/mol. The lowest BCUT2D eigenvalue weighted by Gasteiger charge is -2.26. The molecule has 2 aliphatic heterocycles. The van der Waals surface area contributed by atoms with E-state index in [-0.39, 0.29) is 24.5 Å². The second kappa shape index (κ2) is 5.88. The summed E-state index contributed by atoms with van der Waals surface area (Å²) in [4.78, 5) is 23.9. The van der Waals surface area contributed by atoms with Gasteiger partial charge in [-0.05, 0) is 24.3 Å². The molecule has 0 aliphatic carbocycles. The lowest BCUT2D eigenvalue weighted by molar-refractivity contribution is -0.118. The minimum Gasteiger partial charge on any atom is -0.493 e. The maximum Gasteiger partial charge on any atom is 0.262 e. The van der Waals surface area contributed by atoms with Gasteiger partial charge in [-0.25, -0.2) is 0 Å². The highest BCUT2D eigenvalue weighted by Crippen LogP contribution is 2.32. The molecule has 6 nitrogen and oxygen atoms in total. The third kappa shape index (κ3) is 2.67. The molecule has 0 aromatic heterocycles. The Labute approximate surface area is 138 Å². The van der Waals surface area contributed by atoms with Crippen molar-refractivity contribution in [3.8, 4) is 11.5 Å². The Morgan fingerprint density at radius 2 is 2.00 bits per heavy atom. The molecule has 2 N–H and O–H groups in total. The third-order valence-corrected chi connectivity index (χ3v) is 4.14. The van der Waals surface area contributed by atoms with Crippen molar-refractivity contribution in [2.24, 2.45) is 0 Å². The molecule has 2 aromatic rings. The van der Waals surface area contributed by atoms with E-state index in [4.69, 9.17) is 9.47 Å². The topological polar surface area (TPSA) is 76.7 Å². The zero-order valence-electron chi connectivity index (χ0n) is 12.9. The van der Waals surface area contributed by atoms with Gasteiger partial charge in [0.05, 0.1) is 18.3 Å². The molecule has 2 aromatic carbocycles. The van der Waals surface area contributed by atoms with Gasteiger partial charge in [0, 0.05) is 17.5 Å². The van der Waals surface area contributed by atoms with Crippen LogP contribution in [-0.4, -0.2) is 25.0 Å². The number of para-hydroxylation sites is 1. The lowest BCUT2D eigenvalue weighted by Crippen LogP contribution is -2.32. The zero-order chi connectivity index (χ0) is 16.5. The first kappa shape index (κ1) is 14.6. The Hall–Kier alpha value is -3.02. The van der Waals surface area contributed by atoms with Crippen LogP contribution in [0.5, 0.6) is 11.5 Å². The molecule has 2 heterocycles. The van der Waals surface area contributed by atoms with Gasteiger partial charge in [0.15, 0.2) is 6.61 Å². The largest absolute Gasteiger partial charge is 0.493 e. The van der Waals surface area contributed by atoms with E-state index >= 15 is 0 Å². The van der Waals surface area contributed by atoms with Crippen molar-refractivity contribution in [1.29, 1.82) is 0 Å². The Morgan fingerprint density at radius 1 is 1.12 bits per heavy atom. The number of anilines is 1. The van der Waals surface area contributed by atoms with E-state index in [1.807, 2.05) is 24.3 Å². The van der Waals surface area contributed by atoms with Gasteiger partial charge in [-0.2, -0.15) is 0 Å². The smallest absolute Gasteiger partial charge is 0.262 e. The summed E-state index contributed by atoms with van der Waals surface area (Å²) < 4.78 is 11.0. The summed E-state index contributed by atoms with van der Waals surface area (Å²) in [6.45, 7) is 0.534. The second-order valence-electron chi connectivity index (χ2n) is 5.75. The number of fused-ring (bicyclic) bond motifs is 2. The number of hydrogen-bond acceptors (Lipinski definition) is 4. The number of ether oxygens (including phenoxy) is 2. The molecule has 2 amide bonds. The van der Waals surface area contributed by atoms with Crippen LogP contribution in [0.2, 0.25) is 0 Å². The highest BCUT2D eigenvalue weighted by atomic mass is 16.5. The minimum absolute atomic E-state index is 0.0363. The molecule has 0 bridgehead atoms. The van der Waals surface area contributed by atoms with Crippen molar-refractivity contribution >= 4 is 17.5 Å². The van der Waals surface area contributed by atoms with Gasteiger partial charge in [-0.3, -0.25) is 9.59 Å². The molecule has 4 rings (SSSR count). The molecule has 2 aliphatic rings. The number of benzene rings is 2. The van der Waals surface area contributed by atoms with E-state index in [0.717, 1.165) is 17.7 Å². The predicted octanol–water partition coefficient (Wildman–Crippen LogP) is 2.27. The molecule has 6 heteroatoms. The molecular weight excluding hydrogens is 308 g/mol. The first-order chi connectivity index (χ1) is 11.7. The maximum atomic E-state index is 12.6. The summed E-state index contributed by atoms with van der Waals surface area (Å²) in [7, 11) is 0. The lowest BCUT2D eigenvalue weighted by atomic mass is 10.00. The molecular formula is C18H16N2O4. The van der Waals surface area contributed by atoms with E-state index in [9.17, 15) is 9.59 Å². The van der Waals surface area contributed by atoms with E-state index < -0.39 is 0 Å². The zero-order valence-corrected chi connectivity index (χ0v) is 12.9. The molecule has 0 radical (unpaired) electrons.